The van der Waals surface area contributed by atoms with Crippen molar-refractivity contribution in [2.45, 2.75) is 13.5 Å². The van der Waals surface area contributed by atoms with Gasteiger partial charge in [0, 0.05) is 38.3 Å². The molecule has 1 aliphatic heterocycles. The Balaban J connectivity index is 1.58. The summed E-state index contributed by atoms with van der Waals surface area (Å²) in [4.78, 5) is 28.9. The third-order valence-electron chi connectivity index (χ3n) is 4.84. The van der Waals surface area contributed by atoms with Gasteiger partial charge >= 0.3 is 0 Å². The van der Waals surface area contributed by atoms with E-state index >= 15 is 0 Å². The number of nitrogens with zero attached hydrogens (tertiary/aromatic N) is 2. The Morgan fingerprint density at radius 3 is 2.37 bits per heavy atom. The molecule has 0 unspecified atom stereocenters. The number of aromatic hydroxyl groups is 1. The summed E-state index contributed by atoms with van der Waals surface area (Å²) in [6.07, 6.45) is 0. The SMILES string of the molecule is Cc1ccc(O)c(C(=O)NCc2ccc(C(=O)N3CCN(C)CC3)cc2)c1. The fraction of sp³-hybridized carbons (Fsp3) is 0.333. The number of carbonyl (C=O) groups excluding carboxylic acids is 2. The number of hydrogen-bond acceptors (Lipinski definition) is 4. The number of phenolic OH excluding ortho intramolecular Hbond substituents is 1. The lowest BCUT2D eigenvalue weighted by Crippen LogP contribution is -2.47. The molecule has 0 radical (unpaired) electrons. The standard InChI is InChI=1S/C21H25N3O3/c1-15-3-8-19(25)18(13-15)20(26)22-14-16-4-6-17(7-5-16)21(27)24-11-9-23(2)10-12-24/h3-8,13,25H,9-12,14H2,1-2H3,(H,22,26). The third-order valence-corrected chi connectivity index (χ3v) is 4.84. The van der Waals surface area contributed by atoms with Crippen LogP contribution in [0.1, 0.15) is 31.8 Å². The first-order chi connectivity index (χ1) is 12.9. The van der Waals surface area contributed by atoms with Crippen molar-refractivity contribution >= 4 is 11.8 Å². The fourth-order valence-corrected chi connectivity index (χ4v) is 3.07. The quantitative estimate of drug-likeness (QED) is 0.867. The molecule has 2 amide bonds. The van der Waals surface area contributed by atoms with Gasteiger partial charge in [-0.15, -0.1) is 0 Å². The van der Waals surface area contributed by atoms with Crippen molar-refractivity contribution in [1.82, 2.24) is 15.1 Å². The monoisotopic (exact) mass is 367 g/mol. The number of piperazine rings is 1. The van der Waals surface area contributed by atoms with Crippen LogP contribution in [0.5, 0.6) is 5.75 Å². The number of benzene rings is 2. The van der Waals surface area contributed by atoms with Crippen molar-refractivity contribution in [3.8, 4) is 5.75 Å². The minimum absolute atomic E-state index is 0.0359. The Labute approximate surface area is 159 Å². The molecular formula is C21H25N3O3. The van der Waals surface area contributed by atoms with E-state index in [-0.39, 0.29) is 23.1 Å². The minimum atomic E-state index is -0.325. The number of amides is 2. The van der Waals surface area contributed by atoms with Gasteiger partial charge in [-0.05, 0) is 43.8 Å². The molecule has 0 spiro atoms. The largest absolute Gasteiger partial charge is 0.507 e. The van der Waals surface area contributed by atoms with Gasteiger partial charge in [-0.1, -0.05) is 23.8 Å². The molecule has 0 aromatic heterocycles. The van der Waals surface area contributed by atoms with Crippen LogP contribution >= 0.6 is 0 Å². The van der Waals surface area contributed by atoms with Gasteiger partial charge in [0.2, 0.25) is 0 Å². The molecule has 2 aromatic rings. The maximum atomic E-state index is 12.5. The second-order valence-electron chi connectivity index (χ2n) is 7.00. The number of aryl methyl sites for hydroxylation is 1. The van der Waals surface area contributed by atoms with E-state index in [2.05, 4.69) is 17.3 Å². The number of rotatable bonds is 4. The van der Waals surface area contributed by atoms with E-state index in [1.165, 1.54) is 6.07 Å². The maximum Gasteiger partial charge on any atom is 0.255 e. The lowest BCUT2D eigenvalue weighted by atomic mass is 10.1. The highest BCUT2D eigenvalue weighted by Crippen LogP contribution is 2.18. The van der Waals surface area contributed by atoms with Crippen LogP contribution in [0.3, 0.4) is 0 Å². The molecule has 27 heavy (non-hydrogen) atoms. The van der Waals surface area contributed by atoms with Crippen molar-refractivity contribution in [1.29, 1.82) is 0 Å². The van der Waals surface area contributed by atoms with Crippen LogP contribution in [-0.4, -0.2) is 59.9 Å². The molecule has 1 saturated heterocycles. The number of phenols is 1. The Kier molecular flexibility index (Phi) is 5.76. The molecule has 1 aliphatic rings. The zero-order valence-corrected chi connectivity index (χ0v) is 15.7. The van der Waals surface area contributed by atoms with Crippen molar-refractivity contribution in [2.75, 3.05) is 33.2 Å². The molecule has 0 bridgehead atoms. The van der Waals surface area contributed by atoms with E-state index in [4.69, 9.17) is 0 Å². The number of carbonyl (C=O) groups is 2. The van der Waals surface area contributed by atoms with Crippen LogP contribution in [0, 0.1) is 6.92 Å². The highest BCUT2D eigenvalue weighted by molar-refractivity contribution is 5.97. The highest BCUT2D eigenvalue weighted by atomic mass is 16.3. The molecule has 1 fully saturated rings. The molecular weight excluding hydrogens is 342 g/mol. The van der Waals surface area contributed by atoms with Gasteiger partial charge in [0.25, 0.3) is 11.8 Å². The van der Waals surface area contributed by atoms with Gasteiger partial charge in [-0.3, -0.25) is 9.59 Å². The molecule has 0 saturated carbocycles. The lowest BCUT2D eigenvalue weighted by Gasteiger charge is -2.32. The first kappa shape index (κ1) is 18.9. The van der Waals surface area contributed by atoms with Crippen LogP contribution in [0.2, 0.25) is 0 Å². The van der Waals surface area contributed by atoms with E-state index < -0.39 is 0 Å². The van der Waals surface area contributed by atoms with Crippen LogP contribution < -0.4 is 5.32 Å². The molecule has 2 aromatic carbocycles. The summed E-state index contributed by atoms with van der Waals surface area (Å²) in [5, 5.41) is 12.6. The Bertz CT molecular complexity index is 825. The zero-order chi connectivity index (χ0) is 19.4. The predicted molar refractivity (Wildman–Crippen MR) is 104 cm³/mol. The number of hydrogen-bond donors (Lipinski definition) is 2. The number of likely N-dealkylation sites (N-methyl/N-ethyl adjacent to an activating group) is 1. The first-order valence-corrected chi connectivity index (χ1v) is 9.08. The first-order valence-electron chi connectivity index (χ1n) is 9.08. The van der Waals surface area contributed by atoms with Gasteiger partial charge in [-0.2, -0.15) is 0 Å². The summed E-state index contributed by atoms with van der Waals surface area (Å²) < 4.78 is 0. The molecule has 1 heterocycles. The fourth-order valence-electron chi connectivity index (χ4n) is 3.07. The second-order valence-corrected chi connectivity index (χ2v) is 7.00. The zero-order valence-electron chi connectivity index (χ0n) is 15.7. The van der Waals surface area contributed by atoms with E-state index in [9.17, 15) is 14.7 Å². The van der Waals surface area contributed by atoms with Gasteiger partial charge in [0.15, 0.2) is 0 Å². The summed E-state index contributed by atoms with van der Waals surface area (Å²) >= 11 is 0. The van der Waals surface area contributed by atoms with Gasteiger partial charge in [0.05, 0.1) is 5.56 Å². The minimum Gasteiger partial charge on any atom is -0.507 e. The summed E-state index contributed by atoms with van der Waals surface area (Å²) in [5.74, 6) is -0.316. The summed E-state index contributed by atoms with van der Waals surface area (Å²) in [7, 11) is 2.06. The highest BCUT2D eigenvalue weighted by Gasteiger charge is 2.20. The molecule has 0 atom stereocenters. The summed E-state index contributed by atoms with van der Waals surface area (Å²) in [5.41, 5.74) is 2.72. The van der Waals surface area contributed by atoms with E-state index in [0.717, 1.165) is 37.3 Å². The molecule has 0 aliphatic carbocycles. The Morgan fingerprint density at radius 2 is 1.70 bits per heavy atom. The molecule has 3 rings (SSSR count). The third kappa shape index (κ3) is 4.65. The predicted octanol–water partition coefficient (Wildman–Crippen LogP) is 2.02. The van der Waals surface area contributed by atoms with Crippen molar-refractivity contribution in [2.24, 2.45) is 0 Å². The van der Waals surface area contributed by atoms with Gasteiger partial charge in [-0.25, -0.2) is 0 Å². The molecule has 142 valence electrons. The average molecular weight is 367 g/mol. The van der Waals surface area contributed by atoms with E-state index in [0.29, 0.717) is 12.1 Å². The second kappa shape index (κ2) is 8.22. The molecule has 6 nitrogen and oxygen atoms in total. The Hall–Kier alpha value is -2.86. The van der Waals surface area contributed by atoms with Gasteiger partial charge in [0.1, 0.15) is 5.75 Å². The Morgan fingerprint density at radius 1 is 1.04 bits per heavy atom. The van der Waals surface area contributed by atoms with Crippen molar-refractivity contribution in [3.63, 3.8) is 0 Å². The lowest BCUT2D eigenvalue weighted by molar-refractivity contribution is 0.0664. The smallest absolute Gasteiger partial charge is 0.255 e. The van der Waals surface area contributed by atoms with Crippen molar-refractivity contribution in [3.05, 3.63) is 64.7 Å². The van der Waals surface area contributed by atoms with Gasteiger partial charge < -0.3 is 20.2 Å². The average Bonchev–Trinajstić information content (AvgIpc) is 2.68. The number of nitrogens with one attached hydrogen (secondary N) is 1. The van der Waals surface area contributed by atoms with E-state index in [1.54, 1.807) is 24.3 Å². The molecule has 2 N–H and O–H groups in total. The van der Waals surface area contributed by atoms with Crippen molar-refractivity contribution < 1.29 is 14.7 Å². The van der Waals surface area contributed by atoms with Crippen LogP contribution in [0.15, 0.2) is 42.5 Å². The van der Waals surface area contributed by atoms with Crippen LogP contribution in [-0.2, 0) is 6.54 Å². The van der Waals surface area contributed by atoms with Crippen LogP contribution in [0.25, 0.3) is 0 Å². The summed E-state index contributed by atoms with van der Waals surface area (Å²) in [6, 6.07) is 12.2. The maximum absolute atomic E-state index is 12.5. The topological polar surface area (TPSA) is 72.9 Å². The van der Waals surface area contributed by atoms with E-state index in [1.807, 2.05) is 24.0 Å². The summed E-state index contributed by atoms with van der Waals surface area (Å²) in [6.45, 7) is 5.46. The molecule has 6 heteroatoms. The normalized spacial score (nSPS) is 14.8. The van der Waals surface area contributed by atoms with Crippen LogP contribution in [0.4, 0.5) is 0 Å².